The van der Waals surface area contributed by atoms with Gasteiger partial charge in [-0.05, 0) is 24.3 Å². The zero-order valence-electron chi connectivity index (χ0n) is 12.3. The molecule has 0 amide bonds. The number of ether oxygens (including phenoxy) is 2. The lowest BCUT2D eigenvalue weighted by atomic mass is 9.95. The van der Waals surface area contributed by atoms with Crippen LogP contribution in [0, 0.1) is 0 Å². The number of nitrogens with zero attached hydrogens (tertiary/aromatic N) is 1. The summed E-state index contributed by atoms with van der Waals surface area (Å²) in [6.07, 6.45) is 1.45. The molecule has 112 valence electrons. The number of carbonyl (C=O) groups excluding carboxylic acids is 2. The number of rotatable bonds is 6. The van der Waals surface area contributed by atoms with Crippen molar-refractivity contribution in [3.05, 3.63) is 65.7 Å². The van der Waals surface area contributed by atoms with Crippen molar-refractivity contribution in [3.8, 4) is 0 Å². The molecule has 2 rings (SSSR count). The Hall–Kier alpha value is -2.59. The van der Waals surface area contributed by atoms with Crippen molar-refractivity contribution in [3.63, 3.8) is 0 Å². The highest BCUT2D eigenvalue weighted by molar-refractivity contribution is 6.02. The van der Waals surface area contributed by atoms with Crippen LogP contribution >= 0.6 is 0 Å². The minimum Gasteiger partial charge on any atom is -0.343 e. The molecular weight excluding hydrogens is 282 g/mol. The third kappa shape index (κ3) is 2.87. The molecule has 5 nitrogen and oxygen atoms in total. The van der Waals surface area contributed by atoms with E-state index in [-0.39, 0.29) is 5.78 Å². The highest BCUT2D eigenvalue weighted by Crippen LogP contribution is 2.30. The second kappa shape index (κ2) is 6.91. The maximum Gasteiger partial charge on any atom is 0.260 e. The van der Waals surface area contributed by atoms with Crippen molar-refractivity contribution >= 4 is 17.6 Å². The van der Waals surface area contributed by atoms with E-state index in [4.69, 9.17) is 9.47 Å². The number of hydrogen-bond donors (Lipinski definition) is 0. The van der Waals surface area contributed by atoms with E-state index in [1.54, 1.807) is 48.5 Å². The van der Waals surface area contributed by atoms with Crippen molar-refractivity contribution in [1.29, 1.82) is 0 Å². The van der Waals surface area contributed by atoms with Crippen molar-refractivity contribution in [2.75, 3.05) is 14.2 Å². The summed E-state index contributed by atoms with van der Waals surface area (Å²) >= 11 is 0. The highest BCUT2D eigenvalue weighted by Gasteiger charge is 2.41. The number of benzene rings is 2. The van der Waals surface area contributed by atoms with Crippen molar-refractivity contribution in [2.45, 2.75) is 5.79 Å². The van der Waals surface area contributed by atoms with Gasteiger partial charge in [0.15, 0.2) is 0 Å². The van der Waals surface area contributed by atoms with E-state index in [2.05, 4.69) is 4.99 Å². The minimum absolute atomic E-state index is 0.342. The number of aliphatic imine (C=N–C) groups is 1. The fourth-order valence-electron chi connectivity index (χ4n) is 2.22. The smallest absolute Gasteiger partial charge is 0.260 e. The SMILES string of the molecule is COC(OC)(C(=O)c1ccc(N=C=O)cc1)c1ccccc1. The Morgan fingerprint density at radius 1 is 1.00 bits per heavy atom. The third-order valence-corrected chi connectivity index (χ3v) is 3.33. The number of ketones is 1. The summed E-state index contributed by atoms with van der Waals surface area (Å²) in [4.78, 5) is 26.6. The number of Topliss-reactive ketones (excluding diaryl/α,β-unsaturated/α-hetero) is 1. The van der Waals surface area contributed by atoms with Gasteiger partial charge in [-0.25, -0.2) is 4.79 Å². The van der Waals surface area contributed by atoms with Crippen LogP contribution in [0.15, 0.2) is 59.6 Å². The highest BCUT2D eigenvalue weighted by atomic mass is 16.7. The van der Waals surface area contributed by atoms with Crippen LogP contribution < -0.4 is 0 Å². The van der Waals surface area contributed by atoms with Gasteiger partial charge in [0.2, 0.25) is 11.9 Å². The van der Waals surface area contributed by atoms with E-state index >= 15 is 0 Å². The average molecular weight is 297 g/mol. The summed E-state index contributed by atoms with van der Waals surface area (Å²) in [7, 11) is 2.83. The number of hydrogen-bond acceptors (Lipinski definition) is 5. The fraction of sp³-hybridized carbons (Fsp3) is 0.176. The Bertz CT molecular complexity index is 684. The first-order valence-corrected chi connectivity index (χ1v) is 6.56. The van der Waals surface area contributed by atoms with Crippen LogP contribution in [0.5, 0.6) is 0 Å². The average Bonchev–Trinajstić information content (AvgIpc) is 2.58. The maximum absolute atomic E-state index is 12.8. The normalized spacial score (nSPS) is 10.8. The predicted molar refractivity (Wildman–Crippen MR) is 80.7 cm³/mol. The summed E-state index contributed by atoms with van der Waals surface area (Å²) in [5.74, 6) is -1.86. The van der Waals surface area contributed by atoms with Crippen molar-refractivity contribution in [1.82, 2.24) is 0 Å². The molecule has 0 saturated heterocycles. The van der Waals surface area contributed by atoms with Crippen molar-refractivity contribution < 1.29 is 19.1 Å². The van der Waals surface area contributed by atoms with E-state index in [1.807, 2.05) is 6.07 Å². The van der Waals surface area contributed by atoms with Gasteiger partial charge >= 0.3 is 0 Å². The summed E-state index contributed by atoms with van der Waals surface area (Å²) in [6.45, 7) is 0. The fourth-order valence-corrected chi connectivity index (χ4v) is 2.22. The molecule has 2 aromatic rings. The van der Waals surface area contributed by atoms with Gasteiger partial charge in [-0.1, -0.05) is 30.3 Å². The van der Waals surface area contributed by atoms with Gasteiger partial charge in [0.25, 0.3) is 5.79 Å². The molecule has 0 fully saturated rings. The van der Waals surface area contributed by atoms with Gasteiger partial charge in [0.05, 0.1) is 5.69 Å². The van der Waals surface area contributed by atoms with Gasteiger partial charge in [-0.3, -0.25) is 4.79 Å². The summed E-state index contributed by atoms with van der Waals surface area (Å²) in [5, 5.41) is 0. The molecule has 0 N–H and O–H groups in total. The summed E-state index contributed by atoms with van der Waals surface area (Å²) < 4.78 is 10.8. The molecule has 0 radical (unpaired) electrons. The molecule has 0 aromatic heterocycles. The molecule has 0 aliphatic carbocycles. The van der Waals surface area contributed by atoms with Crippen LogP contribution in [-0.4, -0.2) is 26.1 Å². The van der Waals surface area contributed by atoms with E-state index < -0.39 is 5.79 Å². The van der Waals surface area contributed by atoms with Gasteiger partial charge in [0, 0.05) is 25.3 Å². The van der Waals surface area contributed by atoms with Gasteiger partial charge in [-0.15, -0.1) is 0 Å². The Balaban J connectivity index is 2.44. The van der Waals surface area contributed by atoms with Gasteiger partial charge < -0.3 is 9.47 Å². The Morgan fingerprint density at radius 3 is 2.09 bits per heavy atom. The van der Waals surface area contributed by atoms with Gasteiger partial charge in [-0.2, -0.15) is 4.99 Å². The predicted octanol–water partition coefficient (Wildman–Crippen LogP) is 2.98. The first-order chi connectivity index (χ1) is 10.7. The zero-order chi connectivity index (χ0) is 16.0. The maximum atomic E-state index is 12.8. The lowest BCUT2D eigenvalue weighted by Crippen LogP contribution is -2.39. The molecule has 0 aliphatic heterocycles. The quantitative estimate of drug-likeness (QED) is 0.356. The second-order valence-corrected chi connectivity index (χ2v) is 4.47. The lowest BCUT2D eigenvalue weighted by Gasteiger charge is -2.29. The summed E-state index contributed by atoms with van der Waals surface area (Å²) in [5.41, 5.74) is 1.41. The molecule has 0 bridgehead atoms. The minimum atomic E-state index is -1.52. The Morgan fingerprint density at radius 2 is 1.59 bits per heavy atom. The molecule has 0 unspecified atom stereocenters. The van der Waals surface area contributed by atoms with E-state index in [0.29, 0.717) is 16.8 Å². The molecule has 0 atom stereocenters. The zero-order valence-corrected chi connectivity index (χ0v) is 12.3. The second-order valence-electron chi connectivity index (χ2n) is 4.47. The van der Waals surface area contributed by atoms with E-state index in [0.717, 1.165) is 0 Å². The van der Waals surface area contributed by atoms with Crippen LogP contribution in [0.4, 0.5) is 5.69 Å². The largest absolute Gasteiger partial charge is 0.343 e. The van der Waals surface area contributed by atoms with Crippen molar-refractivity contribution in [2.24, 2.45) is 4.99 Å². The molecule has 5 heteroatoms. The van der Waals surface area contributed by atoms with Crippen LogP contribution in [0.25, 0.3) is 0 Å². The van der Waals surface area contributed by atoms with Crippen LogP contribution in [-0.2, 0) is 20.1 Å². The van der Waals surface area contributed by atoms with Crippen LogP contribution in [0.1, 0.15) is 15.9 Å². The van der Waals surface area contributed by atoms with E-state index in [1.165, 1.54) is 20.3 Å². The molecule has 22 heavy (non-hydrogen) atoms. The van der Waals surface area contributed by atoms with Gasteiger partial charge in [0.1, 0.15) is 0 Å². The standard InChI is InChI=1S/C17H15NO4/c1-21-17(22-2,14-6-4-3-5-7-14)16(20)13-8-10-15(11-9-13)18-12-19/h3-11H,1-2H3. The molecule has 0 heterocycles. The topological polar surface area (TPSA) is 65.0 Å². The molecule has 0 spiro atoms. The van der Waals surface area contributed by atoms with Crippen LogP contribution in [0.2, 0.25) is 0 Å². The summed E-state index contributed by atoms with van der Waals surface area (Å²) in [6, 6.07) is 15.2. The third-order valence-electron chi connectivity index (χ3n) is 3.33. The first kappa shape index (κ1) is 15.8. The monoisotopic (exact) mass is 297 g/mol. The number of carbonyl (C=O) groups is 1. The van der Waals surface area contributed by atoms with Crippen LogP contribution in [0.3, 0.4) is 0 Å². The first-order valence-electron chi connectivity index (χ1n) is 6.56. The molecular formula is C17H15NO4. The lowest BCUT2D eigenvalue weighted by molar-refractivity contribution is -0.176. The Labute approximate surface area is 128 Å². The molecule has 2 aromatic carbocycles. The number of methoxy groups -OCH3 is 2. The molecule has 0 saturated carbocycles. The number of isocyanates is 1. The van der Waals surface area contributed by atoms with E-state index in [9.17, 15) is 9.59 Å². The molecule has 0 aliphatic rings. The Kier molecular flexibility index (Phi) is 4.96.